The average Bonchev–Trinajstić information content (AvgIpc) is 2.71. The van der Waals surface area contributed by atoms with E-state index < -0.39 is 0 Å². The van der Waals surface area contributed by atoms with E-state index in [0.29, 0.717) is 0 Å². The van der Waals surface area contributed by atoms with Crippen LogP contribution < -0.4 is 0 Å². The van der Waals surface area contributed by atoms with Crippen LogP contribution in [0.15, 0.2) is 24.5 Å². The van der Waals surface area contributed by atoms with Crippen LogP contribution in [0.1, 0.15) is 34.7 Å². The zero-order valence-corrected chi connectivity index (χ0v) is 9.76. The second kappa shape index (κ2) is 7.13. The quantitative estimate of drug-likeness (QED) is 0.670. The number of aromatic nitrogens is 2. The molecule has 0 aliphatic rings. The molecule has 2 nitrogen and oxygen atoms in total. The van der Waals surface area contributed by atoms with Crippen LogP contribution in [0.2, 0.25) is 0 Å². The average molecular weight is 194 g/mol. The molecule has 0 bridgehead atoms. The summed E-state index contributed by atoms with van der Waals surface area (Å²) in [5.74, 6) is 0. The molecule has 1 aromatic carbocycles. The van der Waals surface area contributed by atoms with Crippen molar-refractivity contribution >= 4 is 11.0 Å². The number of fused-ring (bicyclic) bond motifs is 1. The van der Waals surface area contributed by atoms with Gasteiger partial charge in [-0.3, -0.25) is 0 Å². The van der Waals surface area contributed by atoms with Gasteiger partial charge in [0.2, 0.25) is 0 Å². The van der Waals surface area contributed by atoms with Crippen molar-refractivity contribution in [1.82, 2.24) is 9.97 Å². The highest BCUT2D eigenvalue weighted by atomic mass is 14.9. The Morgan fingerprint density at radius 1 is 1.14 bits per heavy atom. The van der Waals surface area contributed by atoms with Crippen LogP contribution in [0.4, 0.5) is 0 Å². The second-order valence-electron chi connectivity index (χ2n) is 2.42. The molecule has 2 aromatic rings. The maximum absolute atomic E-state index is 4.10. The Kier molecular flexibility index (Phi) is 6.46. The number of nitrogens with zero attached hydrogens (tertiary/aromatic N) is 1. The van der Waals surface area contributed by atoms with E-state index in [0.717, 1.165) is 11.0 Å². The summed E-state index contributed by atoms with van der Waals surface area (Å²) in [6.07, 6.45) is 1.71. The van der Waals surface area contributed by atoms with E-state index in [4.69, 9.17) is 0 Å². The topological polar surface area (TPSA) is 28.7 Å². The fourth-order valence-corrected chi connectivity index (χ4v) is 1.05. The molecule has 0 radical (unpaired) electrons. The molecule has 0 saturated heterocycles. The standard InChI is InChI=1S/C8H8N2.2C2H6.H2/c1-6-2-3-7-8(4-6)10-5-9-7;2*1-2;/h2-5H,1H3,(H,9,10);2*1-2H3;1H. The minimum absolute atomic E-state index is 0. The molecule has 0 fully saturated rings. The Bertz CT molecular complexity index is 355. The molecule has 14 heavy (non-hydrogen) atoms. The number of aryl methyl sites for hydroxylation is 1. The molecule has 1 heterocycles. The van der Waals surface area contributed by atoms with Gasteiger partial charge in [-0.05, 0) is 24.6 Å². The first-order valence-electron chi connectivity index (χ1n) is 5.26. The fourth-order valence-electron chi connectivity index (χ4n) is 1.05. The molecule has 0 aliphatic carbocycles. The zero-order chi connectivity index (χ0) is 11.0. The first kappa shape index (κ1) is 12.7. The molecular formula is C12H22N2. The summed E-state index contributed by atoms with van der Waals surface area (Å²) in [6.45, 7) is 10.1. The molecule has 0 spiro atoms. The molecule has 0 saturated carbocycles. The van der Waals surface area contributed by atoms with E-state index >= 15 is 0 Å². The summed E-state index contributed by atoms with van der Waals surface area (Å²) >= 11 is 0. The van der Waals surface area contributed by atoms with Crippen molar-refractivity contribution in [2.24, 2.45) is 0 Å². The summed E-state index contributed by atoms with van der Waals surface area (Å²) in [5, 5.41) is 0. The lowest BCUT2D eigenvalue weighted by Crippen LogP contribution is -1.71. The van der Waals surface area contributed by atoms with Crippen molar-refractivity contribution in [2.75, 3.05) is 0 Å². The van der Waals surface area contributed by atoms with Gasteiger partial charge in [-0.1, -0.05) is 33.8 Å². The van der Waals surface area contributed by atoms with Crippen molar-refractivity contribution in [3.05, 3.63) is 30.1 Å². The summed E-state index contributed by atoms with van der Waals surface area (Å²) in [5.41, 5.74) is 3.40. The molecule has 1 N–H and O–H groups in total. The smallest absolute Gasteiger partial charge is 0.0931 e. The number of benzene rings is 1. The van der Waals surface area contributed by atoms with E-state index in [1.165, 1.54) is 5.56 Å². The van der Waals surface area contributed by atoms with Crippen LogP contribution >= 0.6 is 0 Å². The normalized spacial score (nSPS) is 8.36. The molecule has 0 aliphatic heterocycles. The van der Waals surface area contributed by atoms with Crippen LogP contribution in [-0.4, -0.2) is 9.97 Å². The van der Waals surface area contributed by atoms with Crippen molar-refractivity contribution in [2.45, 2.75) is 34.6 Å². The number of H-pyrrole nitrogens is 1. The highest BCUT2D eigenvalue weighted by Crippen LogP contribution is 2.09. The molecule has 0 amide bonds. The largest absolute Gasteiger partial charge is 0.345 e. The van der Waals surface area contributed by atoms with E-state index in [1.54, 1.807) is 6.33 Å². The number of aromatic amines is 1. The van der Waals surface area contributed by atoms with Gasteiger partial charge >= 0.3 is 0 Å². The van der Waals surface area contributed by atoms with E-state index in [2.05, 4.69) is 29.0 Å². The van der Waals surface area contributed by atoms with Crippen LogP contribution in [0.5, 0.6) is 0 Å². The van der Waals surface area contributed by atoms with Crippen LogP contribution in [-0.2, 0) is 0 Å². The molecule has 2 rings (SSSR count). The van der Waals surface area contributed by atoms with Gasteiger partial charge in [0.15, 0.2) is 0 Å². The van der Waals surface area contributed by atoms with Crippen LogP contribution in [0.3, 0.4) is 0 Å². The van der Waals surface area contributed by atoms with Gasteiger partial charge in [-0.2, -0.15) is 0 Å². The number of imidazole rings is 1. The number of nitrogens with one attached hydrogen (secondary N) is 1. The van der Waals surface area contributed by atoms with Crippen molar-refractivity contribution in [3.8, 4) is 0 Å². The predicted molar refractivity (Wildman–Crippen MR) is 65.6 cm³/mol. The SMILES string of the molecule is CC.CC.Cc1ccc2nc[nH]c2c1.[HH]. The molecule has 0 atom stereocenters. The summed E-state index contributed by atoms with van der Waals surface area (Å²) < 4.78 is 0. The highest BCUT2D eigenvalue weighted by molar-refractivity contribution is 5.74. The van der Waals surface area contributed by atoms with Gasteiger partial charge < -0.3 is 4.98 Å². The second-order valence-corrected chi connectivity index (χ2v) is 2.42. The number of hydrogen-bond acceptors (Lipinski definition) is 1. The first-order valence-corrected chi connectivity index (χ1v) is 5.26. The minimum atomic E-state index is 0. The Balaban J connectivity index is 0. The Labute approximate surface area is 87.9 Å². The van der Waals surface area contributed by atoms with Crippen LogP contribution in [0.25, 0.3) is 11.0 Å². The third-order valence-electron chi connectivity index (χ3n) is 1.58. The lowest BCUT2D eigenvalue weighted by Gasteiger charge is -1.89. The monoisotopic (exact) mass is 194 g/mol. The van der Waals surface area contributed by atoms with Gasteiger partial charge in [0.05, 0.1) is 17.4 Å². The summed E-state index contributed by atoms with van der Waals surface area (Å²) in [7, 11) is 0. The van der Waals surface area contributed by atoms with Crippen molar-refractivity contribution < 1.29 is 1.43 Å². The first-order chi connectivity index (χ1) is 6.86. The Morgan fingerprint density at radius 3 is 2.43 bits per heavy atom. The van der Waals surface area contributed by atoms with Gasteiger partial charge in [-0.15, -0.1) is 0 Å². The lowest BCUT2D eigenvalue weighted by molar-refractivity contribution is 1.34. The third kappa shape index (κ3) is 3.21. The summed E-state index contributed by atoms with van der Waals surface area (Å²) in [4.78, 5) is 7.15. The van der Waals surface area contributed by atoms with E-state index in [1.807, 2.05) is 33.8 Å². The fraction of sp³-hybridized carbons (Fsp3) is 0.417. The van der Waals surface area contributed by atoms with Crippen molar-refractivity contribution in [1.29, 1.82) is 0 Å². The number of hydrogen-bond donors (Lipinski definition) is 1. The molecule has 2 heteroatoms. The summed E-state index contributed by atoms with van der Waals surface area (Å²) in [6, 6.07) is 6.16. The Hall–Kier alpha value is -1.31. The zero-order valence-electron chi connectivity index (χ0n) is 9.76. The molecule has 1 aromatic heterocycles. The van der Waals surface area contributed by atoms with Gasteiger partial charge in [0.25, 0.3) is 0 Å². The predicted octanol–water partition coefficient (Wildman–Crippen LogP) is 4.17. The minimum Gasteiger partial charge on any atom is -0.345 e. The third-order valence-corrected chi connectivity index (χ3v) is 1.58. The lowest BCUT2D eigenvalue weighted by atomic mass is 10.2. The number of rotatable bonds is 0. The maximum Gasteiger partial charge on any atom is 0.0931 e. The van der Waals surface area contributed by atoms with Gasteiger partial charge in [0, 0.05) is 1.43 Å². The van der Waals surface area contributed by atoms with Gasteiger partial charge in [-0.25, -0.2) is 4.98 Å². The maximum atomic E-state index is 4.10. The van der Waals surface area contributed by atoms with E-state index in [-0.39, 0.29) is 1.43 Å². The highest BCUT2D eigenvalue weighted by Gasteiger charge is 1.92. The van der Waals surface area contributed by atoms with Gasteiger partial charge in [0.1, 0.15) is 0 Å². The van der Waals surface area contributed by atoms with E-state index in [9.17, 15) is 0 Å². The van der Waals surface area contributed by atoms with Crippen LogP contribution in [0, 0.1) is 6.92 Å². The molecular weight excluding hydrogens is 172 g/mol. The molecule has 0 unspecified atom stereocenters. The Morgan fingerprint density at radius 2 is 1.79 bits per heavy atom. The van der Waals surface area contributed by atoms with Crippen molar-refractivity contribution in [3.63, 3.8) is 0 Å². The molecule has 80 valence electrons.